The molecule has 0 fully saturated rings. The molecule has 0 radical (unpaired) electrons. The maximum Gasteiger partial charge on any atom is 0.318 e. The molecule has 0 spiro atoms. The molecule has 1 unspecified atom stereocenters. The molecule has 0 aromatic heterocycles. The van der Waals surface area contributed by atoms with Gasteiger partial charge >= 0.3 is 5.97 Å². The van der Waals surface area contributed by atoms with Crippen LogP contribution >= 0.6 is 0 Å². The van der Waals surface area contributed by atoms with Gasteiger partial charge in [0.05, 0.1) is 0 Å². The summed E-state index contributed by atoms with van der Waals surface area (Å²) in [6, 6.07) is 0.0844. The van der Waals surface area contributed by atoms with Crippen molar-refractivity contribution in [3.63, 3.8) is 0 Å². The highest BCUT2D eigenvalue weighted by Gasteiger charge is 2.36. The van der Waals surface area contributed by atoms with Gasteiger partial charge in [-0.15, -0.1) is 0 Å². The zero-order valence-electron chi connectivity index (χ0n) is 9.96. The average Bonchev–Trinajstić information content (AvgIpc) is 2.16. The molecule has 4 heteroatoms. The van der Waals surface area contributed by atoms with Crippen molar-refractivity contribution >= 4 is 11.9 Å². The number of nitrogens with one attached hydrogen (secondary N) is 1. The van der Waals surface area contributed by atoms with Gasteiger partial charge in [0, 0.05) is 6.04 Å². The molecule has 4 nitrogen and oxygen atoms in total. The van der Waals surface area contributed by atoms with Crippen LogP contribution < -0.4 is 5.32 Å². The normalized spacial score (nSPS) is 13.3. The first-order valence-corrected chi connectivity index (χ1v) is 5.40. The molecule has 0 aliphatic carbocycles. The van der Waals surface area contributed by atoms with Crippen molar-refractivity contribution in [1.29, 1.82) is 0 Å². The van der Waals surface area contributed by atoms with E-state index in [-0.39, 0.29) is 6.04 Å². The number of hydrogen-bond donors (Lipinski definition) is 2. The Hall–Kier alpha value is -1.06. The van der Waals surface area contributed by atoms with Crippen molar-refractivity contribution in [3.05, 3.63) is 0 Å². The van der Waals surface area contributed by atoms with E-state index in [1.54, 1.807) is 0 Å². The number of amides is 1. The summed E-state index contributed by atoms with van der Waals surface area (Å²) < 4.78 is 0. The molecule has 0 aromatic carbocycles. The molecule has 88 valence electrons. The molecular formula is C11H21NO3. The van der Waals surface area contributed by atoms with Crippen molar-refractivity contribution < 1.29 is 14.7 Å². The second kappa shape index (κ2) is 5.73. The zero-order valence-corrected chi connectivity index (χ0v) is 9.96. The maximum atomic E-state index is 11.7. The summed E-state index contributed by atoms with van der Waals surface area (Å²) in [6.07, 6.45) is 2.69. The van der Waals surface area contributed by atoms with E-state index in [1.807, 2.05) is 13.8 Å². The second-order valence-corrected chi connectivity index (χ2v) is 4.30. The third-order valence-corrected chi connectivity index (χ3v) is 2.57. The summed E-state index contributed by atoms with van der Waals surface area (Å²) >= 11 is 0. The summed E-state index contributed by atoms with van der Waals surface area (Å²) in [6.45, 7) is 6.86. The fourth-order valence-corrected chi connectivity index (χ4v) is 1.19. The van der Waals surface area contributed by atoms with Crippen LogP contribution in [0.15, 0.2) is 0 Å². The van der Waals surface area contributed by atoms with Crippen LogP contribution in [-0.4, -0.2) is 23.0 Å². The lowest BCUT2D eigenvalue weighted by Gasteiger charge is -2.23. The van der Waals surface area contributed by atoms with Crippen LogP contribution in [0.2, 0.25) is 0 Å². The molecule has 0 bridgehead atoms. The van der Waals surface area contributed by atoms with Crippen molar-refractivity contribution in [2.24, 2.45) is 5.41 Å². The lowest BCUT2D eigenvalue weighted by Crippen LogP contribution is -2.46. The van der Waals surface area contributed by atoms with Crippen LogP contribution in [0.5, 0.6) is 0 Å². The molecule has 0 aliphatic heterocycles. The van der Waals surface area contributed by atoms with Gasteiger partial charge in [-0.1, -0.05) is 20.3 Å². The Morgan fingerprint density at radius 3 is 2.20 bits per heavy atom. The van der Waals surface area contributed by atoms with Gasteiger partial charge in [0.1, 0.15) is 5.41 Å². The molecule has 15 heavy (non-hydrogen) atoms. The van der Waals surface area contributed by atoms with Gasteiger partial charge in [0.25, 0.3) is 0 Å². The minimum Gasteiger partial charge on any atom is -0.480 e. The number of aliphatic carboxylic acids is 1. The lowest BCUT2D eigenvalue weighted by atomic mass is 9.92. The smallest absolute Gasteiger partial charge is 0.318 e. The van der Waals surface area contributed by atoms with E-state index in [1.165, 1.54) is 13.8 Å². The summed E-state index contributed by atoms with van der Waals surface area (Å²) in [4.78, 5) is 22.5. The maximum absolute atomic E-state index is 11.7. The highest BCUT2D eigenvalue weighted by atomic mass is 16.4. The van der Waals surface area contributed by atoms with Gasteiger partial charge in [-0.2, -0.15) is 0 Å². The third-order valence-electron chi connectivity index (χ3n) is 2.57. The topological polar surface area (TPSA) is 66.4 Å². The fourth-order valence-electron chi connectivity index (χ4n) is 1.19. The Morgan fingerprint density at radius 1 is 1.33 bits per heavy atom. The number of hydrogen-bond acceptors (Lipinski definition) is 2. The lowest BCUT2D eigenvalue weighted by molar-refractivity contribution is -0.153. The highest BCUT2D eigenvalue weighted by Crippen LogP contribution is 2.16. The van der Waals surface area contributed by atoms with E-state index in [2.05, 4.69) is 5.32 Å². The molecule has 1 atom stereocenters. The first-order valence-electron chi connectivity index (χ1n) is 5.40. The minimum absolute atomic E-state index is 0.0844. The molecule has 0 rings (SSSR count). The van der Waals surface area contributed by atoms with Crippen molar-refractivity contribution in [2.45, 2.75) is 53.0 Å². The summed E-state index contributed by atoms with van der Waals surface area (Å²) in [7, 11) is 0. The monoisotopic (exact) mass is 215 g/mol. The van der Waals surface area contributed by atoms with E-state index in [0.717, 1.165) is 19.3 Å². The van der Waals surface area contributed by atoms with Crippen LogP contribution in [0.4, 0.5) is 0 Å². The molecule has 0 aromatic rings. The highest BCUT2D eigenvalue weighted by molar-refractivity contribution is 6.01. The summed E-state index contributed by atoms with van der Waals surface area (Å²) in [5, 5.41) is 11.6. The van der Waals surface area contributed by atoms with Crippen LogP contribution in [0.25, 0.3) is 0 Å². The second-order valence-electron chi connectivity index (χ2n) is 4.30. The van der Waals surface area contributed by atoms with E-state index >= 15 is 0 Å². The van der Waals surface area contributed by atoms with Gasteiger partial charge in [-0.3, -0.25) is 9.59 Å². The van der Waals surface area contributed by atoms with Gasteiger partial charge in [0.2, 0.25) is 5.91 Å². The average molecular weight is 215 g/mol. The first kappa shape index (κ1) is 13.9. The van der Waals surface area contributed by atoms with Gasteiger partial charge in [-0.25, -0.2) is 0 Å². The Balaban J connectivity index is 4.40. The Labute approximate surface area is 91.1 Å². The van der Waals surface area contributed by atoms with E-state index in [0.29, 0.717) is 0 Å². The van der Waals surface area contributed by atoms with Crippen LogP contribution in [0, 0.1) is 5.41 Å². The van der Waals surface area contributed by atoms with Crippen LogP contribution in [-0.2, 0) is 9.59 Å². The minimum atomic E-state index is -1.35. The molecule has 0 saturated heterocycles. The molecule has 0 saturated carbocycles. The first-order chi connectivity index (χ1) is 6.86. The number of carboxylic acids is 1. The number of carboxylic acid groups (broad SMARTS) is 1. The van der Waals surface area contributed by atoms with Gasteiger partial charge in [0.15, 0.2) is 0 Å². The van der Waals surface area contributed by atoms with E-state index in [4.69, 9.17) is 5.11 Å². The number of rotatable bonds is 6. The molecular weight excluding hydrogens is 194 g/mol. The Bertz CT molecular complexity index is 236. The fraction of sp³-hybridized carbons (Fsp3) is 0.818. The number of carbonyl (C=O) groups excluding carboxylic acids is 1. The van der Waals surface area contributed by atoms with E-state index in [9.17, 15) is 9.59 Å². The predicted molar refractivity (Wildman–Crippen MR) is 58.5 cm³/mol. The van der Waals surface area contributed by atoms with Crippen molar-refractivity contribution in [2.75, 3.05) is 0 Å². The SMILES string of the molecule is CCCC(CC)NC(=O)C(C)(C)C(=O)O. The molecule has 0 heterocycles. The Morgan fingerprint density at radius 2 is 1.87 bits per heavy atom. The van der Waals surface area contributed by atoms with Crippen LogP contribution in [0.1, 0.15) is 47.0 Å². The largest absolute Gasteiger partial charge is 0.480 e. The summed E-state index contributed by atoms with van der Waals surface area (Å²) in [5.41, 5.74) is -1.35. The van der Waals surface area contributed by atoms with Crippen molar-refractivity contribution in [3.8, 4) is 0 Å². The standard InChI is InChI=1S/C11H21NO3/c1-5-7-8(6-2)12-9(13)11(3,4)10(14)15/h8H,5-7H2,1-4H3,(H,12,13)(H,14,15). The molecule has 0 aliphatic rings. The summed E-state index contributed by atoms with van der Waals surface area (Å²) in [5.74, 6) is -1.50. The predicted octanol–water partition coefficient (Wildman–Crippen LogP) is 1.79. The molecule has 2 N–H and O–H groups in total. The quantitative estimate of drug-likeness (QED) is 0.664. The van der Waals surface area contributed by atoms with E-state index < -0.39 is 17.3 Å². The third kappa shape index (κ3) is 3.90. The Kier molecular flexibility index (Phi) is 5.33. The van der Waals surface area contributed by atoms with Gasteiger partial charge in [-0.05, 0) is 26.7 Å². The van der Waals surface area contributed by atoms with Gasteiger partial charge < -0.3 is 10.4 Å². The number of carbonyl (C=O) groups is 2. The zero-order chi connectivity index (χ0) is 12.1. The van der Waals surface area contributed by atoms with Crippen molar-refractivity contribution in [1.82, 2.24) is 5.32 Å². The van der Waals surface area contributed by atoms with Crippen LogP contribution in [0.3, 0.4) is 0 Å². The molecule has 1 amide bonds.